The highest BCUT2D eigenvalue weighted by Gasteiger charge is 2.40. The third-order valence-electron chi connectivity index (χ3n) is 5.76. The first-order valence-electron chi connectivity index (χ1n) is 10.2. The summed E-state index contributed by atoms with van der Waals surface area (Å²) in [5.41, 5.74) is 0.264. The second-order valence-corrected chi connectivity index (χ2v) is 7.37. The third-order valence-corrected chi connectivity index (χ3v) is 5.76. The summed E-state index contributed by atoms with van der Waals surface area (Å²) in [6, 6.07) is 24.5. The molecule has 4 rings (SSSR count). The molecule has 0 fully saturated rings. The number of fused-ring (bicyclic) bond motifs is 1. The number of methoxy groups -OCH3 is 4. The largest absolute Gasteiger partial charge is 0.497 e. The highest BCUT2D eigenvalue weighted by Crippen LogP contribution is 2.48. The van der Waals surface area contributed by atoms with Gasteiger partial charge in [0.25, 0.3) is 0 Å². The van der Waals surface area contributed by atoms with Crippen LogP contribution in [0.1, 0.15) is 16.7 Å². The molecule has 164 valence electrons. The van der Waals surface area contributed by atoms with Crippen molar-refractivity contribution in [1.29, 1.82) is 0 Å². The lowest BCUT2D eigenvalue weighted by Gasteiger charge is -2.33. The Hall–Kier alpha value is -3.70. The molecule has 1 unspecified atom stereocenters. The van der Waals surface area contributed by atoms with E-state index in [9.17, 15) is 5.11 Å². The van der Waals surface area contributed by atoms with Crippen LogP contribution in [0.4, 0.5) is 0 Å². The van der Waals surface area contributed by atoms with Crippen LogP contribution in [0.3, 0.4) is 0 Å². The van der Waals surface area contributed by atoms with Gasteiger partial charge in [0.15, 0.2) is 0 Å². The van der Waals surface area contributed by atoms with Crippen molar-refractivity contribution in [3.05, 3.63) is 95.6 Å². The first-order valence-corrected chi connectivity index (χ1v) is 10.2. The molecule has 4 aromatic rings. The van der Waals surface area contributed by atoms with Crippen LogP contribution in [0.5, 0.6) is 23.0 Å². The van der Waals surface area contributed by atoms with Crippen LogP contribution in [0.15, 0.2) is 78.9 Å². The van der Waals surface area contributed by atoms with Gasteiger partial charge in [-0.2, -0.15) is 0 Å². The van der Waals surface area contributed by atoms with E-state index in [-0.39, 0.29) is 0 Å². The molecule has 0 saturated heterocycles. The highest BCUT2D eigenvalue weighted by molar-refractivity contribution is 5.91. The maximum absolute atomic E-state index is 12.6. The minimum atomic E-state index is -1.59. The van der Waals surface area contributed by atoms with E-state index in [1.165, 1.54) is 0 Å². The normalized spacial score (nSPS) is 12.8. The summed E-state index contributed by atoms with van der Waals surface area (Å²) < 4.78 is 22.3. The van der Waals surface area contributed by atoms with Crippen LogP contribution in [-0.4, -0.2) is 33.5 Å². The molecule has 0 aliphatic carbocycles. The predicted octanol–water partition coefficient (Wildman–Crippen LogP) is 5.16. The van der Waals surface area contributed by atoms with Crippen molar-refractivity contribution in [2.24, 2.45) is 0 Å². The molecule has 5 heteroatoms. The molecule has 0 aromatic heterocycles. The van der Waals surface area contributed by atoms with Crippen LogP contribution in [0.25, 0.3) is 10.8 Å². The Bertz CT molecular complexity index is 1230. The standard InChI is InChI=1S/C27H26O5/c1-29-20-12-10-18-11-15-24(31-3)26(22(18)16-20)27(28,19-8-6-5-7-9-19)23-14-13-21(30-2)17-25(23)32-4/h5-17,28H,1-4H3. The van der Waals surface area contributed by atoms with Crippen LogP contribution in [-0.2, 0) is 5.60 Å². The number of hydrogen-bond acceptors (Lipinski definition) is 5. The van der Waals surface area contributed by atoms with Gasteiger partial charge in [0.1, 0.15) is 28.6 Å². The predicted molar refractivity (Wildman–Crippen MR) is 125 cm³/mol. The topological polar surface area (TPSA) is 57.2 Å². The minimum absolute atomic E-state index is 0.498. The quantitative estimate of drug-likeness (QED) is 0.411. The average Bonchev–Trinajstić information content (AvgIpc) is 2.87. The van der Waals surface area contributed by atoms with Crippen molar-refractivity contribution in [2.45, 2.75) is 5.60 Å². The van der Waals surface area contributed by atoms with Crippen molar-refractivity contribution >= 4 is 10.8 Å². The number of ether oxygens (including phenoxy) is 4. The Kier molecular flexibility index (Phi) is 5.93. The maximum atomic E-state index is 12.6. The van der Waals surface area contributed by atoms with E-state index < -0.39 is 5.60 Å². The maximum Gasteiger partial charge on any atom is 0.148 e. The van der Waals surface area contributed by atoms with E-state index in [2.05, 4.69) is 0 Å². The molecule has 4 aromatic carbocycles. The SMILES string of the molecule is COc1ccc(C(O)(c2ccccc2)c2c(OC)ccc3ccc(OC)cc23)c(OC)c1. The number of aliphatic hydroxyl groups is 1. The molecule has 0 amide bonds. The van der Waals surface area contributed by atoms with Gasteiger partial charge in [-0.05, 0) is 46.7 Å². The van der Waals surface area contributed by atoms with E-state index in [1.807, 2.05) is 72.8 Å². The molecule has 0 heterocycles. The number of hydrogen-bond donors (Lipinski definition) is 1. The summed E-state index contributed by atoms with van der Waals surface area (Å²) in [6.07, 6.45) is 0. The molecule has 1 atom stereocenters. The van der Waals surface area contributed by atoms with Gasteiger partial charge in [-0.3, -0.25) is 0 Å². The Balaban J connectivity index is 2.16. The molecule has 5 nitrogen and oxygen atoms in total. The highest BCUT2D eigenvalue weighted by atomic mass is 16.5. The van der Waals surface area contributed by atoms with Gasteiger partial charge in [0, 0.05) is 17.2 Å². The zero-order chi connectivity index (χ0) is 22.7. The Morgan fingerprint density at radius 3 is 1.91 bits per heavy atom. The molecular weight excluding hydrogens is 404 g/mol. The zero-order valence-corrected chi connectivity index (χ0v) is 18.6. The molecule has 0 bridgehead atoms. The fourth-order valence-electron chi connectivity index (χ4n) is 4.16. The summed E-state index contributed by atoms with van der Waals surface area (Å²) in [7, 11) is 6.39. The third kappa shape index (κ3) is 3.51. The number of benzene rings is 4. The smallest absolute Gasteiger partial charge is 0.148 e. The van der Waals surface area contributed by atoms with Gasteiger partial charge < -0.3 is 24.1 Å². The molecule has 0 saturated carbocycles. The molecular formula is C27H26O5. The van der Waals surface area contributed by atoms with E-state index in [4.69, 9.17) is 18.9 Å². The molecule has 0 aliphatic heterocycles. The second kappa shape index (κ2) is 8.81. The van der Waals surface area contributed by atoms with E-state index in [1.54, 1.807) is 34.5 Å². The lowest BCUT2D eigenvalue weighted by atomic mass is 9.77. The van der Waals surface area contributed by atoms with Crippen molar-refractivity contribution in [2.75, 3.05) is 28.4 Å². The fraction of sp³-hybridized carbons (Fsp3) is 0.185. The Morgan fingerprint density at radius 2 is 1.25 bits per heavy atom. The first kappa shape index (κ1) is 21.5. The van der Waals surface area contributed by atoms with Gasteiger partial charge in [0.05, 0.1) is 28.4 Å². The Labute approximate surface area is 187 Å². The molecule has 32 heavy (non-hydrogen) atoms. The van der Waals surface area contributed by atoms with Crippen molar-refractivity contribution in [3.8, 4) is 23.0 Å². The molecule has 0 aliphatic rings. The summed E-state index contributed by atoms with van der Waals surface area (Å²) in [5.74, 6) is 2.37. The molecule has 1 N–H and O–H groups in total. The van der Waals surface area contributed by atoms with E-state index in [0.29, 0.717) is 39.7 Å². The number of rotatable bonds is 7. The van der Waals surface area contributed by atoms with Crippen LogP contribution < -0.4 is 18.9 Å². The summed E-state index contributed by atoms with van der Waals surface area (Å²) in [4.78, 5) is 0. The van der Waals surface area contributed by atoms with E-state index >= 15 is 0 Å². The van der Waals surface area contributed by atoms with Crippen molar-refractivity contribution < 1.29 is 24.1 Å². The second-order valence-electron chi connectivity index (χ2n) is 7.37. The van der Waals surface area contributed by atoms with Gasteiger partial charge in [-0.15, -0.1) is 0 Å². The van der Waals surface area contributed by atoms with Gasteiger partial charge >= 0.3 is 0 Å². The van der Waals surface area contributed by atoms with Crippen LogP contribution in [0, 0.1) is 0 Å². The lowest BCUT2D eigenvalue weighted by molar-refractivity contribution is 0.120. The lowest BCUT2D eigenvalue weighted by Crippen LogP contribution is -2.30. The van der Waals surface area contributed by atoms with Crippen LogP contribution >= 0.6 is 0 Å². The Morgan fingerprint density at radius 1 is 0.625 bits per heavy atom. The van der Waals surface area contributed by atoms with E-state index in [0.717, 1.165) is 10.8 Å². The summed E-state index contributed by atoms with van der Waals surface area (Å²) in [6.45, 7) is 0. The first-order chi connectivity index (χ1) is 15.6. The van der Waals surface area contributed by atoms with Gasteiger partial charge in [-0.25, -0.2) is 0 Å². The summed E-state index contributed by atoms with van der Waals surface area (Å²) >= 11 is 0. The van der Waals surface area contributed by atoms with Crippen LogP contribution in [0.2, 0.25) is 0 Å². The fourth-order valence-corrected chi connectivity index (χ4v) is 4.16. The monoisotopic (exact) mass is 430 g/mol. The minimum Gasteiger partial charge on any atom is -0.497 e. The van der Waals surface area contributed by atoms with Gasteiger partial charge in [0.2, 0.25) is 0 Å². The zero-order valence-electron chi connectivity index (χ0n) is 18.6. The molecule has 0 radical (unpaired) electrons. The summed E-state index contributed by atoms with van der Waals surface area (Å²) in [5, 5.41) is 14.4. The van der Waals surface area contributed by atoms with Crippen molar-refractivity contribution in [3.63, 3.8) is 0 Å². The average molecular weight is 431 g/mol. The van der Waals surface area contributed by atoms with Crippen molar-refractivity contribution in [1.82, 2.24) is 0 Å². The van der Waals surface area contributed by atoms with Gasteiger partial charge in [-0.1, -0.05) is 42.5 Å². The molecule has 0 spiro atoms.